The third-order valence-corrected chi connectivity index (χ3v) is 10.8. The second-order valence-electron chi connectivity index (χ2n) is 12.4. The smallest absolute Gasteiger partial charge is 0.0775 e. The van der Waals surface area contributed by atoms with Gasteiger partial charge in [-0.1, -0.05) is 29.6 Å². The van der Waals surface area contributed by atoms with Crippen LogP contribution in [0.5, 0.6) is 0 Å². The van der Waals surface area contributed by atoms with Crippen molar-refractivity contribution < 1.29 is 10.4 Å². The van der Waals surface area contributed by atoms with E-state index in [1.165, 1.54) is 110 Å². The third-order valence-electron chi connectivity index (χ3n) is 10.8. The van der Waals surface area contributed by atoms with Gasteiger partial charge in [0.25, 0.3) is 0 Å². The van der Waals surface area contributed by atoms with E-state index in [1.807, 2.05) is 0 Å². The van der Waals surface area contributed by atoms with Crippen LogP contribution in [0.2, 0.25) is 0 Å². The molecule has 6 nitrogen and oxygen atoms in total. The van der Waals surface area contributed by atoms with Gasteiger partial charge >= 0.3 is 0 Å². The molecule has 2 saturated heterocycles. The zero-order chi connectivity index (χ0) is 22.4. The average Bonchev–Trinajstić information content (AvgIpc) is 3.65. The summed E-state index contributed by atoms with van der Waals surface area (Å²) in [4.78, 5) is 5.31. The molecule has 4 saturated carbocycles. The molecule has 0 spiro atoms. The lowest BCUT2D eigenvalue weighted by molar-refractivity contribution is 0.119. The van der Waals surface area contributed by atoms with Gasteiger partial charge in [-0.2, -0.15) is 0 Å². The first-order chi connectivity index (χ1) is 16.2. The van der Waals surface area contributed by atoms with Gasteiger partial charge in [-0.15, -0.1) is 0 Å². The summed E-state index contributed by atoms with van der Waals surface area (Å²) < 4.78 is 0. The minimum absolute atomic E-state index is 0.450. The molecule has 6 heteroatoms. The molecule has 6 aliphatic rings. The van der Waals surface area contributed by atoms with Crippen molar-refractivity contribution in [3.63, 3.8) is 0 Å². The lowest BCUT2D eigenvalue weighted by atomic mass is 9.84. The van der Waals surface area contributed by atoms with E-state index in [-0.39, 0.29) is 0 Å². The van der Waals surface area contributed by atoms with Crippen LogP contribution < -0.4 is 0 Å². The molecule has 2 N–H and O–H groups in total. The second kappa shape index (κ2) is 9.49. The Hall–Kier alpha value is -1.14. The van der Waals surface area contributed by atoms with Crippen LogP contribution in [0.4, 0.5) is 0 Å². The Morgan fingerprint density at radius 2 is 1.03 bits per heavy atom. The molecule has 6 fully saturated rings. The highest BCUT2D eigenvalue weighted by Crippen LogP contribution is 2.47. The van der Waals surface area contributed by atoms with Crippen LogP contribution in [0.25, 0.3) is 0 Å². The fourth-order valence-corrected chi connectivity index (χ4v) is 9.10. The van der Waals surface area contributed by atoms with Gasteiger partial charge in [0.05, 0.1) is 23.5 Å². The topological polar surface area (TPSA) is 71.7 Å². The van der Waals surface area contributed by atoms with Crippen LogP contribution in [0.3, 0.4) is 0 Å². The summed E-state index contributed by atoms with van der Waals surface area (Å²) in [7, 11) is 0. The van der Waals surface area contributed by atoms with Crippen LogP contribution in [-0.4, -0.2) is 69.9 Å². The molecule has 0 aromatic carbocycles. The van der Waals surface area contributed by atoms with Gasteiger partial charge in [0, 0.05) is 11.8 Å². The first kappa shape index (κ1) is 22.3. The maximum atomic E-state index is 9.55. The van der Waals surface area contributed by atoms with Crippen LogP contribution >= 0.6 is 0 Å². The van der Waals surface area contributed by atoms with Crippen molar-refractivity contribution in [2.75, 3.05) is 26.2 Å². The van der Waals surface area contributed by atoms with Crippen LogP contribution in [-0.2, 0) is 0 Å². The minimum Gasteiger partial charge on any atom is -0.411 e. The van der Waals surface area contributed by atoms with E-state index in [1.54, 1.807) is 0 Å². The van der Waals surface area contributed by atoms with Gasteiger partial charge in [0.15, 0.2) is 0 Å². The molecule has 4 bridgehead atoms. The molecule has 0 unspecified atom stereocenters. The van der Waals surface area contributed by atoms with Crippen molar-refractivity contribution in [1.82, 2.24) is 9.80 Å². The quantitative estimate of drug-likeness (QED) is 0.443. The van der Waals surface area contributed by atoms with E-state index in [9.17, 15) is 10.4 Å². The van der Waals surface area contributed by atoms with E-state index in [2.05, 4.69) is 20.1 Å². The fraction of sp³-hybridized carbons (Fsp3) is 0.926. The maximum absolute atomic E-state index is 9.55. The molecule has 0 radical (unpaired) electrons. The molecular formula is C27H44N4O2. The van der Waals surface area contributed by atoms with Crippen molar-refractivity contribution in [2.24, 2.45) is 45.8 Å². The number of piperidine rings is 2. The summed E-state index contributed by atoms with van der Waals surface area (Å²) in [5, 5.41) is 26.6. The highest BCUT2D eigenvalue weighted by atomic mass is 16.4. The molecule has 6 atom stereocenters. The molecule has 0 aromatic rings. The summed E-state index contributed by atoms with van der Waals surface area (Å²) in [5.41, 5.74) is 2.22. The summed E-state index contributed by atoms with van der Waals surface area (Å²) >= 11 is 0. The molecule has 0 aromatic heterocycles. The highest BCUT2D eigenvalue weighted by Gasteiger charge is 2.49. The molecule has 6 rings (SSSR count). The van der Waals surface area contributed by atoms with Crippen molar-refractivity contribution in [3.8, 4) is 0 Å². The van der Waals surface area contributed by atoms with Crippen LogP contribution in [0.15, 0.2) is 10.3 Å². The van der Waals surface area contributed by atoms with E-state index in [0.717, 1.165) is 35.1 Å². The van der Waals surface area contributed by atoms with Crippen molar-refractivity contribution >= 4 is 11.4 Å². The van der Waals surface area contributed by atoms with Gasteiger partial charge in [0.1, 0.15) is 0 Å². The zero-order valence-electron chi connectivity index (χ0n) is 20.3. The molecule has 2 heterocycles. The van der Waals surface area contributed by atoms with Gasteiger partial charge in [-0.3, -0.25) is 9.80 Å². The largest absolute Gasteiger partial charge is 0.411 e. The predicted molar refractivity (Wildman–Crippen MR) is 130 cm³/mol. The molecule has 4 aliphatic carbocycles. The maximum Gasteiger partial charge on any atom is 0.0775 e. The molecule has 2 aliphatic heterocycles. The minimum atomic E-state index is 0.450. The Kier molecular flexibility index (Phi) is 6.42. The van der Waals surface area contributed by atoms with E-state index >= 15 is 0 Å². The van der Waals surface area contributed by atoms with Crippen molar-refractivity contribution in [2.45, 2.75) is 95.6 Å². The second-order valence-corrected chi connectivity index (χ2v) is 12.4. The SMILES string of the molecule is O/N=C1/[C@H]2CC[C@@H](C2)[C@@H]1N1CCC(CCCC2CCN([C@@H]3/C(=N/O)[C@H]4CC[C@H]3C4)CC2)CC1. The average molecular weight is 457 g/mol. The van der Waals surface area contributed by atoms with Crippen LogP contribution in [0, 0.1) is 35.5 Å². The van der Waals surface area contributed by atoms with Gasteiger partial charge in [-0.05, 0) is 114 Å². The number of rotatable bonds is 6. The van der Waals surface area contributed by atoms with E-state index in [4.69, 9.17) is 0 Å². The first-order valence-corrected chi connectivity index (χ1v) is 14.2. The van der Waals surface area contributed by atoms with Crippen LogP contribution in [0.1, 0.15) is 83.5 Å². The zero-order valence-corrected chi connectivity index (χ0v) is 20.3. The van der Waals surface area contributed by atoms with Gasteiger partial charge in [0.2, 0.25) is 0 Å². The number of nitrogens with zero attached hydrogens (tertiary/aromatic N) is 4. The number of hydrogen-bond donors (Lipinski definition) is 2. The Bertz CT molecular complexity index is 691. The fourth-order valence-electron chi connectivity index (χ4n) is 9.10. The first-order valence-electron chi connectivity index (χ1n) is 14.2. The Morgan fingerprint density at radius 3 is 1.42 bits per heavy atom. The van der Waals surface area contributed by atoms with Crippen molar-refractivity contribution in [3.05, 3.63) is 0 Å². The highest BCUT2D eigenvalue weighted by molar-refractivity contribution is 5.95. The Balaban J connectivity index is 0.904. The predicted octanol–water partition coefficient (Wildman–Crippen LogP) is 4.84. The molecular weight excluding hydrogens is 412 g/mol. The third kappa shape index (κ3) is 4.13. The monoisotopic (exact) mass is 456 g/mol. The van der Waals surface area contributed by atoms with Gasteiger partial charge < -0.3 is 10.4 Å². The normalized spacial score (nSPS) is 42.9. The summed E-state index contributed by atoms with van der Waals surface area (Å²) in [6, 6.07) is 0.901. The lowest BCUT2D eigenvalue weighted by Crippen LogP contribution is -2.48. The Labute approximate surface area is 199 Å². The summed E-state index contributed by atoms with van der Waals surface area (Å²) in [6.45, 7) is 4.81. The van der Waals surface area contributed by atoms with E-state index < -0.39 is 0 Å². The summed E-state index contributed by atoms with van der Waals surface area (Å²) in [6.07, 6.45) is 17.2. The number of likely N-dealkylation sites (tertiary alicyclic amines) is 2. The summed E-state index contributed by atoms with van der Waals surface area (Å²) in [5.74, 6) is 4.43. The number of oxime groups is 2. The molecule has 0 amide bonds. The number of fused-ring (bicyclic) bond motifs is 4. The van der Waals surface area contributed by atoms with Gasteiger partial charge in [-0.25, -0.2) is 0 Å². The Morgan fingerprint density at radius 1 is 0.606 bits per heavy atom. The lowest BCUT2D eigenvalue weighted by Gasteiger charge is -2.40. The molecule has 184 valence electrons. The van der Waals surface area contributed by atoms with E-state index in [0.29, 0.717) is 23.9 Å². The molecule has 33 heavy (non-hydrogen) atoms. The number of hydrogen-bond acceptors (Lipinski definition) is 6. The standard InChI is InChI=1S/C27H44N4O2/c32-28-24-20-4-6-22(16-20)26(24)30-12-8-18(9-13-30)2-1-3-19-10-14-31(15-11-19)27-23-7-5-21(17-23)25(27)29-33/h18-23,26-27,32-33H,1-17H2/b28-24-,29-25+/t20-,21-,22-,23-,26-,27-/m0/s1. The van der Waals surface area contributed by atoms with Crippen molar-refractivity contribution in [1.29, 1.82) is 0 Å².